The van der Waals surface area contributed by atoms with Gasteiger partial charge in [0, 0.05) is 19.2 Å². The van der Waals surface area contributed by atoms with Crippen molar-refractivity contribution >= 4 is 0 Å². The van der Waals surface area contributed by atoms with Crippen molar-refractivity contribution in [2.24, 2.45) is 0 Å². The second kappa shape index (κ2) is 6.50. The Morgan fingerprint density at radius 1 is 1.33 bits per heavy atom. The zero-order chi connectivity index (χ0) is 11.1. The van der Waals surface area contributed by atoms with Crippen molar-refractivity contribution in [2.75, 3.05) is 13.2 Å². The molecule has 0 fully saturated rings. The third kappa shape index (κ3) is 4.38. The van der Waals surface area contributed by atoms with Crippen LogP contribution in [0.5, 0.6) is 0 Å². The lowest BCUT2D eigenvalue weighted by molar-refractivity contribution is 0.200. The molecule has 0 spiro atoms. The van der Waals surface area contributed by atoms with Crippen molar-refractivity contribution in [1.29, 1.82) is 0 Å². The summed E-state index contributed by atoms with van der Waals surface area (Å²) in [4.78, 5) is 0. The van der Waals surface area contributed by atoms with E-state index in [1.807, 2.05) is 6.07 Å². The van der Waals surface area contributed by atoms with E-state index in [-0.39, 0.29) is 25.1 Å². The first-order valence-corrected chi connectivity index (χ1v) is 4.96. The molecule has 15 heavy (non-hydrogen) atoms. The molecular formula is C11H16FNO2. The predicted octanol–water partition coefficient (Wildman–Crippen LogP) is 0.659. The molecule has 0 radical (unpaired) electrons. The Hall–Kier alpha value is -0.970. The summed E-state index contributed by atoms with van der Waals surface area (Å²) in [7, 11) is 0. The van der Waals surface area contributed by atoms with Crippen LogP contribution in [0.2, 0.25) is 0 Å². The van der Waals surface area contributed by atoms with E-state index in [4.69, 9.17) is 10.2 Å². The molecule has 3 N–H and O–H groups in total. The number of hydrogen-bond acceptors (Lipinski definition) is 3. The van der Waals surface area contributed by atoms with Crippen LogP contribution in [0.4, 0.5) is 4.39 Å². The van der Waals surface area contributed by atoms with Gasteiger partial charge in [0.2, 0.25) is 0 Å². The zero-order valence-corrected chi connectivity index (χ0v) is 8.49. The summed E-state index contributed by atoms with van der Waals surface area (Å²) < 4.78 is 12.8. The molecule has 1 atom stereocenters. The van der Waals surface area contributed by atoms with E-state index in [2.05, 4.69) is 5.32 Å². The standard InChI is InChI=1S/C11H16FNO2/c12-10-3-1-2-9(6-10)7-13-11(8-15)4-5-14/h1-3,6,11,13-15H,4-5,7-8H2. The molecule has 3 nitrogen and oxygen atoms in total. The van der Waals surface area contributed by atoms with Gasteiger partial charge in [-0.25, -0.2) is 4.39 Å². The number of benzene rings is 1. The Bertz CT molecular complexity index is 294. The first-order valence-electron chi connectivity index (χ1n) is 4.96. The minimum absolute atomic E-state index is 0.0291. The highest BCUT2D eigenvalue weighted by molar-refractivity contribution is 5.16. The minimum Gasteiger partial charge on any atom is -0.396 e. The Morgan fingerprint density at radius 3 is 2.73 bits per heavy atom. The number of aliphatic hydroxyl groups excluding tert-OH is 2. The summed E-state index contributed by atoms with van der Waals surface area (Å²) in [5.41, 5.74) is 0.825. The molecule has 0 saturated carbocycles. The Labute approximate surface area is 88.6 Å². The maximum Gasteiger partial charge on any atom is 0.123 e. The predicted molar refractivity (Wildman–Crippen MR) is 55.8 cm³/mol. The lowest BCUT2D eigenvalue weighted by Crippen LogP contribution is -2.32. The van der Waals surface area contributed by atoms with Gasteiger partial charge in [-0.15, -0.1) is 0 Å². The highest BCUT2D eigenvalue weighted by atomic mass is 19.1. The third-order valence-electron chi connectivity index (χ3n) is 2.18. The summed E-state index contributed by atoms with van der Waals surface area (Å²) in [6.45, 7) is 0.486. The normalized spacial score (nSPS) is 12.7. The second-order valence-electron chi connectivity index (χ2n) is 3.40. The number of halogens is 1. The first kappa shape index (κ1) is 12.1. The van der Waals surface area contributed by atoms with Gasteiger partial charge in [-0.1, -0.05) is 12.1 Å². The molecule has 1 rings (SSSR count). The van der Waals surface area contributed by atoms with Crippen LogP contribution in [0.15, 0.2) is 24.3 Å². The van der Waals surface area contributed by atoms with Gasteiger partial charge in [0.25, 0.3) is 0 Å². The van der Waals surface area contributed by atoms with Gasteiger partial charge in [-0.3, -0.25) is 0 Å². The van der Waals surface area contributed by atoms with E-state index in [1.165, 1.54) is 12.1 Å². The molecule has 0 aromatic heterocycles. The van der Waals surface area contributed by atoms with Crippen LogP contribution in [-0.4, -0.2) is 29.5 Å². The number of rotatable bonds is 6. The van der Waals surface area contributed by atoms with Gasteiger partial charge in [0.15, 0.2) is 0 Å². The maximum atomic E-state index is 12.8. The van der Waals surface area contributed by atoms with Crippen molar-refractivity contribution in [3.05, 3.63) is 35.6 Å². The number of aliphatic hydroxyl groups is 2. The summed E-state index contributed by atoms with van der Waals surface area (Å²) in [6, 6.07) is 6.15. The molecule has 0 aliphatic rings. The third-order valence-corrected chi connectivity index (χ3v) is 2.18. The lowest BCUT2D eigenvalue weighted by atomic mass is 10.2. The van der Waals surface area contributed by atoms with Crippen molar-refractivity contribution in [1.82, 2.24) is 5.32 Å². The molecule has 1 aromatic rings. The highest BCUT2D eigenvalue weighted by Gasteiger charge is 2.05. The largest absolute Gasteiger partial charge is 0.396 e. The number of nitrogens with one attached hydrogen (secondary N) is 1. The molecule has 1 unspecified atom stereocenters. The topological polar surface area (TPSA) is 52.5 Å². The van der Waals surface area contributed by atoms with E-state index in [9.17, 15) is 4.39 Å². The zero-order valence-electron chi connectivity index (χ0n) is 8.49. The maximum absolute atomic E-state index is 12.8. The molecule has 84 valence electrons. The molecule has 1 aromatic carbocycles. The fourth-order valence-corrected chi connectivity index (χ4v) is 1.32. The SMILES string of the molecule is OCCC(CO)NCc1cccc(F)c1. The summed E-state index contributed by atoms with van der Waals surface area (Å²) in [5.74, 6) is -0.267. The van der Waals surface area contributed by atoms with E-state index in [0.717, 1.165) is 5.56 Å². The van der Waals surface area contributed by atoms with Crippen LogP contribution < -0.4 is 5.32 Å². The molecule has 0 bridgehead atoms. The lowest BCUT2D eigenvalue weighted by Gasteiger charge is -2.14. The van der Waals surface area contributed by atoms with Crippen LogP contribution in [0.3, 0.4) is 0 Å². The molecule has 0 heterocycles. The van der Waals surface area contributed by atoms with Crippen LogP contribution in [0.25, 0.3) is 0 Å². The van der Waals surface area contributed by atoms with Crippen molar-refractivity contribution in [3.63, 3.8) is 0 Å². The summed E-state index contributed by atoms with van der Waals surface area (Å²) in [6.07, 6.45) is 0.492. The molecule has 0 aliphatic heterocycles. The summed E-state index contributed by atoms with van der Waals surface area (Å²) >= 11 is 0. The van der Waals surface area contributed by atoms with Gasteiger partial charge in [-0.05, 0) is 24.1 Å². The monoisotopic (exact) mass is 213 g/mol. The highest BCUT2D eigenvalue weighted by Crippen LogP contribution is 2.03. The average molecular weight is 213 g/mol. The van der Waals surface area contributed by atoms with E-state index in [0.29, 0.717) is 13.0 Å². The van der Waals surface area contributed by atoms with E-state index in [1.54, 1.807) is 6.07 Å². The quantitative estimate of drug-likeness (QED) is 0.650. The van der Waals surface area contributed by atoms with Gasteiger partial charge in [0.1, 0.15) is 5.82 Å². The smallest absolute Gasteiger partial charge is 0.123 e. The summed E-state index contributed by atoms with van der Waals surface area (Å²) in [5, 5.41) is 20.7. The minimum atomic E-state index is -0.267. The molecule has 0 aliphatic carbocycles. The van der Waals surface area contributed by atoms with Crippen LogP contribution in [-0.2, 0) is 6.54 Å². The molecular weight excluding hydrogens is 197 g/mol. The second-order valence-corrected chi connectivity index (χ2v) is 3.40. The number of hydrogen-bond donors (Lipinski definition) is 3. The Morgan fingerprint density at radius 2 is 2.13 bits per heavy atom. The first-order chi connectivity index (χ1) is 7.26. The van der Waals surface area contributed by atoms with E-state index >= 15 is 0 Å². The van der Waals surface area contributed by atoms with Crippen molar-refractivity contribution < 1.29 is 14.6 Å². The molecule has 0 saturated heterocycles. The van der Waals surface area contributed by atoms with Crippen molar-refractivity contribution in [3.8, 4) is 0 Å². The Kier molecular flexibility index (Phi) is 5.25. The Balaban J connectivity index is 2.41. The van der Waals surface area contributed by atoms with Gasteiger partial charge in [-0.2, -0.15) is 0 Å². The molecule has 4 heteroatoms. The van der Waals surface area contributed by atoms with Crippen LogP contribution in [0, 0.1) is 5.82 Å². The van der Waals surface area contributed by atoms with Gasteiger partial charge < -0.3 is 15.5 Å². The van der Waals surface area contributed by atoms with Crippen molar-refractivity contribution in [2.45, 2.75) is 19.0 Å². The van der Waals surface area contributed by atoms with E-state index < -0.39 is 0 Å². The molecule has 0 amide bonds. The fourth-order valence-electron chi connectivity index (χ4n) is 1.32. The van der Waals surface area contributed by atoms with Crippen LogP contribution in [0.1, 0.15) is 12.0 Å². The average Bonchev–Trinajstić information content (AvgIpc) is 2.24. The fraction of sp³-hybridized carbons (Fsp3) is 0.455. The van der Waals surface area contributed by atoms with Crippen LogP contribution >= 0.6 is 0 Å². The van der Waals surface area contributed by atoms with Gasteiger partial charge in [0.05, 0.1) is 6.61 Å². The van der Waals surface area contributed by atoms with Gasteiger partial charge >= 0.3 is 0 Å².